The normalized spacial score (nSPS) is 28.6. The summed E-state index contributed by atoms with van der Waals surface area (Å²) in [4.78, 5) is 19.2. The first-order valence-electron chi connectivity index (χ1n) is 17.8. The number of likely N-dealkylation sites (tertiary alicyclic amines) is 1. The monoisotopic (exact) mass is 612 g/mol. The fourth-order valence-corrected chi connectivity index (χ4v) is 10.2. The third-order valence-electron chi connectivity index (χ3n) is 12.2. The summed E-state index contributed by atoms with van der Waals surface area (Å²) in [6.07, 6.45) is 16.9. The minimum absolute atomic E-state index is 0.0387. The van der Waals surface area contributed by atoms with E-state index in [2.05, 4.69) is 46.7 Å². The van der Waals surface area contributed by atoms with Crippen LogP contribution in [0.15, 0.2) is 49.1 Å². The molecular weight excluding hydrogens is 560 g/mol. The van der Waals surface area contributed by atoms with Crippen molar-refractivity contribution >= 4 is 5.91 Å². The van der Waals surface area contributed by atoms with Crippen LogP contribution in [0, 0.1) is 11.8 Å². The molecule has 7 rings (SSSR count). The molecule has 2 heterocycles. The average Bonchev–Trinajstić information content (AvgIpc) is 3.41. The van der Waals surface area contributed by atoms with Crippen LogP contribution in [0.5, 0.6) is 17.2 Å². The highest BCUT2D eigenvalue weighted by atomic mass is 16.5. The molecule has 1 spiro atoms. The molecule has 1 N–H and O–H groups in total. The number of piperidine rings is 1. The van der Waals surface area contributed by atoms with Gasteiger partial charge in [-0.15, -0.1) is 6.58 Å². The van der Waals surface area contributed by atoms with Gasteiger partial charge in [-0.25, -0.2) is 0 Å². The zero-order valence-electron chi connectivity index (χ0n) is 27.2. The Labute approximate surface area is 269 Å². The summed E-state index contributed by atoms with van der Waals surface area (Å²) < 4.78 is 12.9. The molecule has 2 aromatic rings. The van der Waals surface area contributed by atoms with Crippen LogP contribution >= 0.6 is 0 Å². The molecule has 5 aliphatic rings. The lowest BCUT2D eigenvalue weighted by molar-refractivity contribution is -0.144. The maximum atomic E-state index is 14.3. The van der Waals surface area contributed by atoms with Crippen molar-refractivity contribution in [3.8, 4) is 17.2 Å². The minimum Gasteiger partial charge on any atom is -0.508 e. The number of amides is 1. The number of rotatable bonds is 12. The van der Waals surface area contributed by atoms with E-state index in [0.717, 1.165) is 82.3 Å². The van der Waals surface area contributed by atoms with Crippen LogP contribution in [0.3, 0.4) is 0 Å². The number of ether oxygens (including phenoxy) is 2. The number of aromatic hydroxyl groups is 1. The van der Waals surface area contributed by atoms with Gasteiger partial charge < -0.3 is 19.5 Å². The Bertz CT molecular complexity index is 1370. The molecule has 2 saturated carbocycles. The van der Waals surface area contributed by atoms with Gasteiger partial charge >= 0.3 is 0 Å². The lowest BCUT2D eigenvalue weighted by Crippen LogP contribution is -2.69. The van der Waals surface area contributed by atoms with Crippen molar-refractivity contribution < 1.29 is 19.4 Å². The van der Waals surface area contributed by atoms with E-state index in [9.17, 15) is 9.90 Å². The van der Waals surface area contributed by atoms with Crippen LogP contribution in [0.25, 0.3) is 0 Å². The third-order valence-corrected chi connectivity index (χ3v) is 12.2. The number of methoxy groups -OCH3 is 1. The Morgan fingerprint density at radius 3 is 2.73 bits per heavy atom. The van der Waals surface area contributed by atoms with Crippen LogP contribution in [-0.2, 0) is 23.1 Å². The number of hydrogen-bond acceptors (Lipinski definition) is 5. The van der Waals surface area contributed by atoms with E-state index in [1.165, 1.54) is 43.2 Å². The zero-order valence-corrected chi connectivity index (χ0v) is 27.2. The van der Waals surface area contributed by atoms with Crippen molar-refractivity contribution in [1.82, 2.24) is 9.80 Å². The van der Waals surface area contributed by atoms with Gasteiger partial charge in [0, 0.05) is 48.2 Å². The smallest absolute Gasteiger partial charge is 0.222 e. The maximum absolute atomic E-state index is 14.3. The molecule has 2 bridgehead atoms. The van der Waals surface area contributed by atoms with Gasteiger partial charge in [0.2, 0.25) is 5.91 Å². The molecule has 242 valence electrons. The van der Waals surface area contributed by atoms with E-state index < -0.39 is 0 Å². The van der Waals surface area contributed by atoms with E-state index in [0.29, 0.717) is 41.7 Å². The molecule has 1 saturated heterocycles. The van der Waals surface area contributed by atoms with Crippen LogP contribution < -0.4 is 9.47 Å². The predicted octanol–water partition coefficient (Wildman–Crippen LogP) is 7.21. The van der Waals surface area contributed by atoms with Crippen molar-refractivity contribution in [3.63, 3.8) is 0 Å². The summed E-state index contributed by atoms with van der Waals surface area (Å²) in [7, 11) is 1.67. The van der Waals surface area contributed by atoms with E-state index >= 15 is 0 Å². The molecule has 2 aliphatic heterocycles. The summed E-state index contributed by atoms with van der Waals surface area (Å²) in [5, 5.41) is 11.3. The van der Waals surface area contributed by atoms with Gasteiger partial charge in [0.05, 0.1) is 13.2 Å². The Balaban J connectivity index is 1.17. The maximum Gasteiger partial charge on any atom is 0.222 e. The Kier molecular flexibility index (Phi) is 8.87. The quantitative estimate of drug-likeness (QED) is 0.203. The largest absolute Gasteiger partial charge is 0.508 e. The summed E-state index contributed by atoms with van der Waals surface area (Å²) >= 11 is 0. The van der Waals surface area contributed by atoms with Gasteiger partial charge in [0.15, 0.2) is 11.5 Å². The number of carbonyl (C=O) groups excluding carboxylic acids is 1. The van der Waals surface area contributed by atoms with E-state index in [4.69, 9.17) is 9.47 Å². The fourth-order valence-electron chi connectivity index (χ4n) is 10.2. The number of hydrogen-bond donors (Lipinski definition) is 1. The highest BCUT2D eigenvalue weighted by Gasteiger charge is 2.67. The molecular formula is C39H52N2O4. The summed E-state index contributed by atoms with van der Waals surface area (Å²) in [5.74, 6) is 3.09. The zero-order chi connectivity index (χ0) is 31.0. The molecule has 6 nitrogen and oxygen atoms in total. The standard InChI is InChI=1S/C39H52N2O4/c1-3-22-40-23-21-39-30-19-20-31(38(39)45-37-34(44-2)25-33(42)29(36(37)39)24-32(30)40)41(26-28-16-10-5-11-17-28)35(43)18-12-6-9-15-27-13-7-4-8-14-27/h3-4,7-8,13-14,25,28,30-32,38,42H,1,5-6,9-12,15-24,26H2,2H3/t30-,31-,32+,38-,39-/m0/s1. The van der Waals surface area contributed by atoms with Gasteiger partial charge in [-0.3, -0.25) is 9.69 Å². The first-order chi connectivity index (χ1) is 22.0. The van der Waals surface area contributed by atoms with Gasteiger partial charge in [-0.05, 0) is 81.7 Å². The molecule has 2 aromatic carbocycles. The molecule has 1 amide bonds. The van der Waals surface area contributed by atoms with Crippen molar-refractivity contribution in [2.45, 2.75) is 113 Å². The van der Waals surface area contributed by atoms with Crippen LogP contribution in [0.1, 0.15) is 93.7 Å². The molecule has 3 aliphatic carbocycles. The number of aryl methyl sites for hydroxylation is 1. The lowest BCUT2D eigenvalue weighted by atomic mass is 9.50. The number of phenols is 1. The van der Waals surface area contributed by atoms with E-state index in [1.807, 2.05) is 6.08 Å². The Hall–Kier alpha value is -2.99. The van der Waals surface area contributed by atoms with E-state index in [-0.39, 0.29) is 17.6 Å². The Morgan fingerprint density at radius 2 is 1.96 bits per heavy atom. The molecule has 0 aromatic heterocycles. The number of unbranched alkanes of at least 4 members (excludes halogenated alkanes) is 2. The van der Waals surface area contributed by atoms with Crippen molar-refractivity contribution in [2.24, 2.45) is 11.8 Å². The highest BCUT2D eigenvalue weighted by Crippen LogP contribution is 2.65. The minimum atomic E-state index is -0.207. The Morgan fingerprint density at radius 1 is 1.13 bits per heavy atom. The summed E-state index contributed by atoms with van der Waals surface area (Å²) in [5.41, 5.74) is 3.40. The SMILES string of the molecule is C=CCN1CC[C@]23c4c5c(O)cc(OC)c4O[C@H]2[C@@H](N(CC2CCCCC2)C(=O)CCCCCc2ccccc2)CC[C@H]3[C@H]1C5. The van der Waals surface area contributed by atoms with Crippen molar-refractivity contribution in [3.05, 3.63) is 65.7 Å². The van der Waals surface area contributed by atoms with Crippen molar-refractivity contribution in [2.75, 3.05) is 26.7 Å². The summed E-state index contributed by atoms with van der Waals surface area (Å²) in [6.45, 7) is 6.75. The van der Waals surface area contributed by atoms with Gasteiger partial charge in [-0.2, -0.15) is 0 Å². The van der Waals surface area contributed by atoms with Crippen LogP contribution in [0.2, 0.25) is 0 Å². The highest BCUT2D eigenvalue weighted by molar-refractivity contribution is 5.77. The summed E-state index contributed by atoms with van der Waals surface area (Å²) in [6, 6.07) is 12.8. The number of nitrogens with zero attached hydrogens (tertiary/aromatic N) is 2. The number of benzene rings is 2. The van der Waals surface area contributed by atoms with Gasteiger partial charge in [0.25, 0.3) is 0 Å². The molecule has 6 heteroatoms. The van der Waals surface area contributed by atoms with Gasteiger partial charge in [-0.1, -0.05) is 62.1 Å². The molecule has 5 atom stereocenters. The predicted molar refractivity (Wildman–Crippen MR) is 178 cm³/mol. The second-order valence-electron chi connectivity index (χ2n) is 14.5. The van der Waals surface area contributed by atoms with Crippen LogP contribution in [-0.4, -0.2) is 65.7 Å². The first kappa shape index (κ1) is 30.7. The van der Waals surface area contributed by atoms with E-state index in [1.54, 1.807) is 13.2 Å². The third kappa shape index (κ3) is 5.45. The van der Waals surface area contributed by atoms with Crippen LogP contribution in [0.4, 0.5) is 0 Å². The molecule has 0 unspecified atom stereocenters. The second-order valence-corrected chi connectivity index (χ2v) is 14.5. The first-order valence-corrected chi connectivity index (χ1v) is 17.8. The lowest BCUT2D eigenvalue weighted by Gasteiger charge is -2.60. The molecule has 45 heavy (non-hydrogen) atoms. The second kappa shape index (κ2) is 13.0. The number of phenolic OH excluding ortho intramolecular Hbond substituents is 1. The van der Waals surface area contributed by atoms with Gasteiger partial charge in [0.1, 0.15) is 11.9 Å². The fraction of sp³-hybridized carbons (Fsp3) is 0.615. The molecule has 0 radical (unpaired) electrons. The number of carbonyl (C=O) groups is 1. The average molecular weight is 613 g/mol. The topological polar surface area (TPSA) is 62.2 Å². The van der Waals surface area contributed by atoms with Crippen molar-refractivity contribution in [1.29, 1.82) is 0 Å². The molecule has 3 fully saturated rings.